The normalized spacial score (nSPS) is 39.9. The lowest BCUT2D eigenvalue weighted by Gasteiger charge is -2.49. The summed E-state index contributed by atoms with van der Waals surface area (Å²) in [6.45, 7) is 18.1. The van der Waals surface area contributed by atoms with Crippen LogP contribution in [0.1, 0.15) is 94.9 Å². The average Bonchev–Trinajstić information content (AvgIpc) is 3.16. The van der Waals surface area contributed by atoms with Crippen molar-refractivity contribution in [3.05, 3.63) is 47.3 Å². The number of nitrogens with two attached hydrogens (primary N) is 1. The van der Waals surface area contributed by atoms with Gasteiger partial charge in [-0.15, -0.1) is 0 Å². The molecule has 0 unspecified atom stereocenters. The molecule has 3 aliphatic heterocycles. The first-order valence-electron chi connectivity index (χ1n) is 21.0. The van der Waals surface area contributed by atoms with E-state index in [1.54, 1.807) is 46.8 Å². The number of cyclic esters (lactones) is 1. The van der Waals surface area contributed by atoms with Crippen LogP contribution in [0, 0.1) is 35.5 Å². The van der Waals surface area contributed by atoms with Crippen LogP contribution in [-0.2, 0) is 38.0 Å². The van der Waals surface area contributed by atoms with Crippen LogP contribution in [0.5, 0.6) is 0 Å². The fraction of sp³-hybridized carbons (Fsp3) is 0.773. The molecule has 1 amide bonds. The number of carbonyl (C=O) groups excluding carboxylic acids is 2. The smallest absolute Gasteiger partial charge is 0.404 e. The van der Waals surface area contributed by atoms with E-state index >= 15 is 0 Å². The summed E-state index contributed by atoms with van der Waals surface area (Å²) in [5.74, 6) is -5.80. The first-order chi connectivity index (χ1) is 27.6. The molecule has 59 heavy (non-hydrogen) atoms. The number of methoxy groups -OCH3 is 2. The van der Waals surface area contributed by atoms with Crippen molar-refractivity contribution in [2.75, 3.05) is 14.2 Å². The Morgan fingerprint density at radius 2 is 1.71 bits per heavy atom. The zero-order valence-corrected chi connectivity index (χ0v) is 37.0. The zero-order chi connectivity index (χ0) is 44.5. The Hall–Kier alpha value is -2.86. The molecule has 3 heterocycles. The lowest BCUT2D eigenvalue weighted by atomic mass is 9.77. The summed E-state index contributed by atoms with van der Waals surface area (Å²) < 4.78 is 41.0. The zero-order valence-electron chi connectivity index (χ0n) is 37.0. The molecule has 0 aliphatic carbocycles. The second-order valence-corrected chi connectivity index (χ2v) is 17.2. The third-order valence-electron chi connectivity index (χ3n) is 12.7. The molecule has 338 valence electrons. The highest BCUT2D eigenvalue weighted by molar-refractivity contribution is 5.87. The maximum Gasteiger partial charge on any atom is 0.404 e. The summed E-state index contributed by atoms with van der Waals surface area (Å²) in [6, 6.07) is 0. The topological polar surface area (TPSA) is 226 Å². The maximum absolute atomic E-state index is 13.9. The molecule has 15 heteroatoms. The number of primary amides is 1. The van der Waals surface area contributed by atoms with E-state index in [0.717, 1.165) is 5.57 Å². The minimum absolute atomic E-state index is 0.0173. The molecule has 0 radical (unpaired) electrons. The van der Waals surface area contributed by atoms with Gasteiger partial charge in [0.1, 0.15) is 12.2 Å². The van der Waals surface area contributed by atoms with Crippen molar-refractivity contribution in [1.29, 1.82) is 0 Å². The van der Waals surface area contributed by atoms with Gasteiger partial charge in [0.05, 0.1) is 49.8 Å². The molecule has 0 bridgehead atoms. The largest absolute Gasteiger partial charge is 0.490 e. The predicted molar refractivity (Wildman–Crippen MR) is 219 cm³/mol. The van der Waals surface area contributed by atoms with Crippen molar-refractivity contribution in [2.45, 2.75) is 168 Å². The van der Waals surface area contributed by atoms with Crippen LogP contribution in [-0.4, -0.2) is 125 Å². The van der Waals surface area contributed by atoms with E-state index in [1.165, 1.54) is 20.3 Å². The van der Waals surface area contributed by atoms with Crippen LogP contribution in [0.4, 0.5) is 4.79 Å². The molecular formula is C44H73NO14. The van der Waals surface area contributed by atoms with Gasteiger partial charge in [0, 0.05) is 49.5 Å². The fourth-order valence-electron chi connectivity index (χ4n) is 8.71. The van der Waals surface area contributed by atoms with E-state index in [-0.39, 0.29) is 42.3 Å². The van der Waals surface area contributed by atoms with Crippen molar-refractivity contribution in [3.8, 4) is 0 Å². The molecule has 3 aliphatic rings. The predicted octanol–water partition coefficient (Wildman–Crippen LogP) is 4.43. The Morgan fingerprint density at radius 3 is 2.29 bits per heavy atom. The molecule has 3 rings (SSSR count). The summed E-state index contributed by atoms with van der Waals surface area (Å²) in [4.78, 5) is 25.2. The second-order valence-electron chi connectivity index (χ2n) is 17.2. The number of aliphatic hydroxyl groups is 5. The number of hydrogen-bond acceptors (Lipinski definition) is 14. The second kappa shape index (κ2) is 22.3. The Balaban J connectivity index is 1.96. The highest BCUT2D eigenvalue weighted by atomic mass is 16.7. The van der Waals surface area contributed by atoms with Crippen LogP contribution >= 0.6 is 0 Å². The monoisotopic (exact) mass is 840 g/mol. The van der Waals surface area contributed by atoms with Gasteiger partial charge in [0.15, 0.2) is 18.2 Å². The lowest BCUT2D eigenvalue weighted by molar-refractivity contribution is -0.343. The van der Waals surface area contributed by atoms with E-state index < -0.39 is 97.0 Å². The van der Waals surface area contributed by atoms with Gasteiger partial charge in [0.2, 0.25) is 5.76 Å². The number of amides is 1. The van der Waals surface area contributed by atoms with Crippen molar-refractivity contribution < 1.29 is 68.3 Å². The van der Waals surface area contributed by atoms with Gasteiger partial charge in [-0.25, -0.2) is 9.59 Å². The minimum atomic E-state index is -1.92. The van der Waals surface area contributed by atoms with Crippen LogP contribution in [0.25, 0.3) is 0 Å². The highest BCUT2D eigenvalue weighted by Crippen LogP contribution is 2.42. The summed E-state index contributed by atoms with van der Waals surface area (Å²) in [5, 5.41) is 57.6. The van der Waals surface area contributed by atoms with E-state index in [2.05, 4.69) is 0 Å². The lowest BCUT2D eigenvalue weighted by Crippen LogP contribution is -2.59. The molecular weight excluding hydrogens is 766 g/mol. The quantitative estimate of drug-likeness (QED) is 0.168. The molecule has 0 aromatic rings. The third-order valence-corrected chi connectivity index (χ3v) is 12.7. The van der Waals surface area contributed by atoms with Gasteiger partial charge in [-0.2, -0.15) is 0 Å². The Labute approximate surface area is 350 Å². The van der Waals surface area contributed by atoms with Crippen LogP contribution in [0.2, 0.25) is 0 Å². The molecule has 18 atom stereocenters. The molecule has 2 fully saturated rings. The SMILES string of the molecule is CC[C@@H]1[C@@H](O)[C@H](C)CC(C)=CC=C[C@H](OC)[C@H]([C@H](C)[C@H](O)[C@H](C)[C@@]2(O)C[C@H](O[C@@H]3C[C@H](O)[C@@H](OC(N)=O)[C@@H](C)O3)[C@H](C)[C@@H](C)O2)OC(=O)C(OC)=CC(C)=C[C@H](C)[C@H]1O. The van der Waals surface area contributed by atoms with Crippen molar-refractivity contribution in [2.24, 2.45) is 41.2 Å². The Morgan fingerprint density at radius 1 is 1.05 bits per heavy atom. The standard InChI is InChI=1S/C44H73NO14/c1-13-31-37(47)24(4)17-22(2)15-14-16-33(53-11)40(57-42(50)34(54-12)19-23(3)18-25(5)38(31)48)27(7)39(49)28(8)44(52)21-35(26(6)29(9)59-44)56-36-20-32(46)41(30(10)55-36)58-43(45)51/h14-16,18-19,24-33,35-41,46-49,52H,13,17,20-21H2,1-12H3,(H2,45,51)/t24-,25+,26-,27-,28+,29-,30-,31-,32+,33+,35+,36-,37+,38-,39+,40+,41+,44-/m1/s1. The molecule has 0 aromatic heterocycles. The van der Waals surface area contributed by atoms with Crippen molar-refractivity contribution >= 4 is 12.1 Å². The highest BCUT2D eigenvalue weighted by Gasteiger charge is 2.52. The van der Waals surface area contributed by atoms with E-state index in [0.29, 0.717) is 18.4 Å². The van der Waals surface area contributed by atoms with E-state index in [9.17, 15) is 35.1 Å². The number of carbonyl (C=O) groups is 2. The van der Waals surface area contributed by atoms with Gasteiger partial charge >= 0.3 is 12.1 Å². The Kier molecular flexibility index (Phi) is 19.1. The fourth-order valence-corrected chi connectivity index (χ4v) is 8.71. The van der Waals surface area contributed by atoms with Gasteiger partial charge in [-0.1, -0.05) is 77.0 Å². The van der Waals surface area contributed by atoms with Gasteiger partial charge < -0.3 is 64.4 Å². The number of rotatable bonds is 10. The van der Waals surface area contributed by atoms with Crippen molar-refractivity contribution in [1.82, 2.24) is 0 Å². The van der Waals surface area contributed by atoms with Gasteiger partial charge in [0.25, 0.3) is 0 Å². The van der Waals surface area contributed by atoms with Crippen LogP contribution in [0.15, 0.2) is 47.3 Å². The number of ether oxygens (including phenoxy) is 7. The Bertz CT molecular complexity index is 1490. The van der Waals surface area contributed by atoms with Crippen LogP contribution in [0.3, 0.4) is 0 Å². The summed E-state index contributed by atoms with van der Waals surface area (Å²) in [5.41, 5.74) is 6.77. The van der Waals surface area contributed by atoms with Crippen LogP contribution < -0.4 is 5.73 Å². The third kappa shape index (κ3) is 13.1. The van der Waals surface area contributed by atoms with E-state index in [1.807, 2.05) is 46.8 Å². The molecule has 0 aromatic carbocycles. The molecule has 0 spiro atoms. The number of aliphatic hydroxyl groups excluding tert-OH is 4. The molecule has 2 saturated heterocycles. The number of esters is 1. The van der Waals surface area contributed by atoms with Gasteiger partial charge in [-0.05, 0) is 52.5 Å². The van der Waals surface area contributed by atoms with Crippen molar-refractivity contribution in [3.63, 3.8) is 0 Å². The average molecular weight is 840 g/mol. The summed E-state index contributed by atoms with van der Waals surface area (Å²) in [6.07, 6.45) is -1.05. The maximum atomic E-state index is 13.9. The summed E-state index contributed by atoms with van der Waals surface area (Å²) in [7, 11) is 2.81. The molecule has 15 nitrogen and oxygen atoms in total. The van der Waals surface area contributed by atoms with Gasteiger partial charge in [-0.3, -0.25) is 0 Å². The molecule has 0 saturated carbocycles. The summed E-state index contributed by atoms with van der Waals surface area (Å²) >= 11 is 0. The van der Waals surface area contributed by atoms with E-state index in [4.69, 9.17) is 38.9 Å². The minimum Gasteiger partial charge on any atom is -0.490 e. The first-order valence-corrected chi connectivity index (χ1v) is 21.0. The number of hydrogen-bond donors (Lipinski definition) is 6. The molecule has 7 N–H and O–H groups in total. The first kappa shape index (κ1) is 50.5. The number of allylic oxidation sites excluding steroid dienone is 5.